The van der Waals surface area contributed by atoms with Crippen molar-refractivity contribution < 1.29 is 9.59 Å². The van der Waals surface area contributed by atoms with E-state index in [1.54, 1.807) is 24.3 Å². The largest absolute Gasteiger partial charge is 0.373 e. The van der Waals surface area contributed by atoms with Crippen molar-refractivity contribution in [3.05, 3.63) is 59.1 Å². The molecule has 0 spiro atoms. The molecule has 0 unspecified atom stereocenters. The fraction of sp³-hybridized carbons (Fsp3) is 0.176. The summed E-state index contributed by atoms with van der Waals surface area (Å²) >= 11 is 5.94. The van der Waals surface area contributed by atoms with E-state index in [2.05, 4.69) is 5.32 Å². The van der Waals surface area contributed by atoms with Crippen molar-refractivity contribution in [1.29, 1.82) is 0 Å². The number of hydrogen-bond acceptors (Lipinski definition) is 3. The van der Waals surface area contributed by atoms with E-state index in [1.165, 1.54) is 4.90 Å². The first kappa shape index (κ1) is 14.6. The minimum absolute atomic E-state index is 0.139. The van der Waals surface area contributed by atoms with Gasteiger partial charge in [0.25, 0.3) is 5.91 Å². The van der Waals surface area contributed by atoms with E-state index >= 15 is 0 Å². The number of nitrogens with one attached hydrogen (secondary N) is 1. The minimum atomic E-state index is -0.564. The molecule has 1 saturated heterocycles. The first-order chi connectivity index (χ1) is 10.6. The Bertz CT molecular complexity index is 745. The van der Waals surface area contributed by atoms with Gasteiger partial charge in [-0.1, -0.05) is 35.9 Å². The maximum Gasteiger partial charge on any atom is 0.256 e. The zero-order valence-corrected chi connectivity index (χ0v) is 12.8. The van der Waals surface area contributed by atoms with Gasteiger partial charge in [-0.15, -0.1) is 0 Å². The number of halogens is 1. The van der Waals surface area contributed by atoms with E-state index in [0.29, 0.717) is 10.7 Å². The van der Waals surface area contributed by atoms with Crippen molar-refractivity contribution in [3.63, 3.8) is 0 Å². The average Bonchev–Trinajstić information content (AvgIpc) is 2.74. The molecule has 4 nitrogen and oxygen atoms in total. The van der Waals surface area contributed by atoms with Gasteiger partial charge in [-0.3, -0.25) is 9.59 Å². The molecule has 0 bridgehead atoms. The highest BCUT2D eigenvalue weighted by atomic mass is 35.5. The molecular formula is C17H15ClN2O2. The molecule has 0 aliphatic carbocycles. The lowest BCUT2D eigenvalue weighted by Gasteiger charge is -2.18. The highest BCUT2D eigenvalue weighted by Crippen LogP contribution is 2.27. The molecule has 112 valence electrons. The number of aryl methyl sites for hydroxylation is 1. The zero-order chi connectivity index (χ0) is 15.7. The summed E-state index contributed by atoms with van der Waals surface area (Å²) in [6, 6.07) is 13.9. The van der Waals surface area contributed by atoms with E-state index in [4.69, 9.17) is 11.6 Å². The molecule has 0 radical (unpaired) electrons. The number of benzene rings is 2. The van der Waals surface area contributed by atoms with Crippen LogP contribution in [0.4, 0.5) is 11.4 Å². The minimum Gasteiger partial charge on any atom is -0.373 e. The van der Waals surface area contributed by atoms with Crippen LogP contribution in [-0.4, -0.2) is 17.9 Å². The van der Waals surface area contributed by atoms with Crippen LogP contribution in [0.5, 0.6) is 0 Å². The monoisotopic (exact) mass is 314 g/mol. The summed E-state index contributed by atoms with van der Waals surface area (Å²) in [4.78, 5) is 26.1. The number of carbonyl (C=O) groups excluding carboxylic acids is 2. The summed E-state index contributed by atoms with van der Waals surface area (Å²) in [5, 5.41) is 3.67. The maximum atomic E-state index is 12.6. The van der Waals surface area contributed by atoms with Gasteiger partial charge in [0.05, 0.1) is 12.1 Å². The number of amides is 2. The Balaban J connectivity index is 1.84. The lowest BCUT2D eigenvalue weighted by molar-refractivity contribution is -0.121. The third kappa shape index (κ3) is 2.70. The molecule has 1 N–H and O–H groups in total. The topological polar surface area (TPSA) is 49.4 Å². The van der Waals surface area contributed by atoms with Crippen LogP contribution in [0.25, 0.3) is 0 Å². The van der Waals surface area contributed by atoms with Crippen LogP contribution in [0.3, 0.4) is 0 Å². The van der Waals surface area contributed by atoms with Gasteiger partial charge in [0.1, 0.15) is 6.04 Å². The van der Waals surface area contributed by atoms with Crippen LogP contribution >= 0.6 is 11.6 Å². The van der Waals surface area contributed by atoms with Crippen LogP contribution in [0.1, 0.15) is 12.0 Å². The average molecular weight is 315 g/mol. The predicted molar refractivity (Wildman–Crippen MR) is 87.2 cm³/mol. The molecule has 2 aromatic carbocycles. The summed E-state index contributed by atoms with van der Waals surface area (Å²) in [5.74, 6) is -0.432. The molecule has 5 heteroatoms. The van der Waals surface area contributed by atoms with Crippen LogP contribution < -0.4 is 10.2 Å². The summed E-state index contributed by atoms with van der Waals surface area (Å²) < 4.78 is 0. The molecule has 3 rings (SSSR count). The second-order valence-electron chi connectivity index (χ2n) is 5.27. The lowest BCUT2D eigenvalue weighted by atomic mass is 10.2. The number of imide groups is 1. The van der Waals surface area contributed by atoms with Gasteiger partial charge < -0.3 is 5.32 Å². The first-order valence-corrected chi connectivity index (χ1v) is 7.38. The van der Waals surface area contributed by atoms with Gasteiger partial charge in [0.15, 0.2) is 0 Å². The van der Waals surface area contributed by atoms with Crippen molar-refractivity contribution in [1.82, 2.24) is 0 Å². The molecule has 2 amide bonds. The maximum absolute atomic E-state index is 12.6. The molecule has 0 saturated carbocycles. The molecule has 1 fully saturated rings. The van der Waals surface area contributed by atoms with Crippen LogP contribution in [0.2, 0.25) is 5.02 Å². The number of anilines is 2. The van der Waals surface area contributed by atoms with Gasteiger partial charge in [0, 0.05) is 10.7 Å². The van der Waals surface area contributed by atoms with E-state index in [-0.39, 0.29) is 18.2 Å². The Morgan fingerprint density at radius 1 is 1.14 bits per heavy atom. The van der Waals surface area contributed by atoms with Crippen molar-refractivity contribution >= 4 is 34.8 Å². The van der Waals surface area contributed by atoms with Crippen molar-refractivity contribution in [2.45, 2.75) is 19.4 Å². The number of hydrogen-bond donors (Lipinski definition) is 1. The first-order valence-electron chi connectivity index (χ1n) is 7.01. The van der Waals surface area contributed by atoms with Gasteiger partial charge in [-0.25, -0.2) is 4.90 Å². The fourth-order valence-electron chi connectivity index (χ4n) is 2.59. The number of rotatable bonds is 3. The third-order valence-electron chi connectivity index (χ3n) is 3.67. The summed E-state index contributed by atoms with van der Waals surface area (Å²) in [6.07, 6.45) is 0.139. The Labute approximate surface area is 133 Å². The van der Waals surface area contributed by atoms with Crippen LogP contribution in [0.15, 0.2) is 48.5 Å². The number of nitrogens with zero attached hydrogens (tertiary/aromatic N) is 1. The standard InChI is InChI=1S/C17H15ClN2O2/c1-11-5-2-3-8-15(11)20-16(21)10-14(17(20)22)19-13-7-4-6-12(18)9-13/h2-9,14,19H,10H2,1H3/t14-/m1/s1. The summed E-state index contributed by atoms with van der Waals surface area (Å²) in [6.45, 7) is 1.88. The molecule has 0 aromatic heterocycles. The molecular weight excluding hydrogens is 300 g/mol. The molecule has 2 aromatic rings. The fourth-order valence-corrected chi connectivity index (χ4v) is 2.78. The van der Waals surface area contributed by atoms with Crippen LogP contribution in [-0.2, 0) is 9.59 Å². The van der Waals surface area contributed by atoms with E-state index in [9.17, 15) is 9.59 Å². The predicted octanol–water partition coefficient (Wildman–Crippen LogP) is 3.39. The van der Waals surface area contributed by atoms with Gasteiger partial charge in [-0.05, 0) is 36.8 Å². The molecule has 1 aliphatic rings. The lowest BCUT2D eigenvalue weighted by Crippen LogP contribution is -2.35. The zero-order valence-electron chi connectivity index (χ0n) is 12.0. The molecule has 1 heterocycles. The van der Waals surface area contributed by atoms with Crippen molar-refractivity contribution in [3.8, 4) is 0 Å². The molecule has 1 atom stereocenters. The molecule has 1 aliphatic heterocycles. The van der Waals surface area contributed by atoms with E-state index < -0.39 is 6.04 Å². The highest BCUT2D eigenvalue weighted by Gasteiger charge is 2.40. The highest BCUT2D eigenvalue weighted by molar-refractivity contribution is 6.30. The Kier molecular flexibility index (Phi) is 3.86. The van der Waals surface area contributed by atoms with E-state index in [0.717, 1.165) is 11.3 Å². The Morgan fingerprint density at radius 2 is 1.91 bits per heavy atom. The normalized spacial score (nSPS) is 17.9. The SMILES string of the molecule is Cc1ccccc1N1C(=O)C[C@@H](Nc2cccc(Cl)c2)C1=O. The van der Waals surface area contributed by atoms with Gasteiger partial charge in [0.2, 0.25) is 5.91 Å². The second-order valence-corrected chi connectivity index (χ2v) is 5.70. The number of carbonyl (C=O) groups is 2. The third-order valence-corrected chi connectivity index (χ3v) is 3.90. The van der Waals surface area contributed by atoms with Crippen molar-refractivity contribution in [2.75, 3.05) is 10.2 Å². The summed E-state index contributed by atoms with van der Waals surface area (Å²) in [5.41, 5.74) is 2.27. The summed E-state index contributed by atoms with van der Waals surface area (Å²) in [7, 11) is 0. The quantitative estimate of drug-likeness (QED) is 0.883. The number of para-hydroxylation sites is 1. The Hall–Kier alpha value is -2.33. The smallest absolute Gasteiger partial charge is 0.256 e. The van der Waals surface area contributed by atoms with E-state index in [1.807, 2.05) is 31.2 Å². The van der Waals surface area contributed by atoms with Gasteiger partial charge >= 0.3 is 0 Å². The second kappa shape index (κ2) is 5.81. The molecule has 22 heavy (non-hydrogen) atoms. The Morgan fingerprint density at radius 3 is 2.64 bits per heavy atom. The van der Waals surface area contributed by atoms with Crippen molar-refractivity contribution in [2.24, 2.45) is 0 Å². The van der Waals surface area contributed by atoms with Crippen LogP contribution in [0, 0.1) is 6.92 Å². The van der Waals surface area contributed by atoms with Gasteiger partial charge in [-0.2, -0.15) is 0 Å².